The van der Waals surface area contributed by atoms with Gasteiger partial charge < -0.3 is 15.8 Å². The molecule has 0 radical (unpaired) electrons. The molecule has 0 spiro atoms. The van der Waals surface area contributed by atoms with Gasteiger partial charge in [0.25, 0.3) is 0 Å². The predicted octanol–water partition coefficient (Wildman–Crippen LogP) is 2.02. The van der Waals surface area contributed by atoms with Gasteiger partial charge in [-0.3, -0.25) is 9.00 Å². The summed E-state index contributed by atoms with van der Waals surface area (Å²) in [4.78, 5) is 12.5. The van der Waals surface area contributed by atoms with Crippen LogP contribution in [0.3, 0.4) is 0 Å². The third-order valence-corrected chi connectivity index (χ3v) is 4.07. The van der Waals surface area contributed by atoms with Crippen molar-refractivity contribution in [2.24, 2.45) is 0 Å². The van der Waals surface area contributed by atoms with Crippen LogP contribution in [-0.2, 0) is 15.6 Å². The molecular weight excluding hydrogens is 288 g/mol. The van der Waals surface area contributed by atoms with Gasteiger partial charge in [0.15, 0.2) is 0 Å². The second-order valence-electron chi connectivity index (χ2n) is 4.31. The number of nitrogens with one attached hydrogen (secondary N) is 1. The number of carbonyl (C=O) groups excluding carboxylic acids is 1. The number of methoxy groups -OCH3 is 1. The molecule has 0 heterocycles. The summed E-state index contributed by atoms with van der Waals surface area (Å²) in [5.74, 6) is 0.0717. The molecule has 6 heteroatoms. The first-order valence-corrected chi connectivity index (χ1v) is 7.59. The normalized spacial score (nSPS) is 11.7. The van der Waals surface area contributed by atoms with Crippen molar-refractivity contribution >= 4 is 28.1 Å². The van der Waals surface area contributed by atoms with E-state index in [1.54, 1.807) is 48.5 Å². The summed E-state index contributed by atoms with van der Waals surface area (Å²) in [6, 6.07) is 13.8. The summed E-state index contributed by atoms with van der Waals surface area (Å²) in [5.41, 5.74) is 6.71. The third kappa shape index (κ3) is 4.06. The molecule has 0 aliphatic rings. The van der Waals surface area contributed by atoms with E-state index >= 15 is 0 Å². The fourth-order valence-corrected chi connectivity index (χ4v) is 2.77. The highest BCUT2D eigenvalue weighted by molar-refractivity contribution is 7.85. The molecule has 2 rings (SSSR count). The molecule has 110 valence electrons. The first-order chi connectivity index (χ1) is 10.1. The van der Waals surface area contributed by atoms with Gasteiger partial charge in [0, 0.05) is 10.6 Å². The number of amides is 1. The molecule has 1 unspecified atom stereocenters. The van der Waals surface area contributed by atoms with E-state index < -0.39 is 10.8 Å². The van der Waals surface area contributed by atoms with Crippen molar-refractivity contribution in [1.82, 2.24) is 0 Å². The maximum Gasteiger partial charge on any atom is 0.237 e. The van der Waals surface area contributed by atoms with Crippen LogP contribution in [0.15, 0.2) is 53.4 Å². The molecule has 21 heavy (non-hydrogen) atoms. The van der Waals surface area contributed by atoms with Crippen LogP contribution in [0.5, 0.6) is 5.75 Å². The van der Waals surface area contributed by atoms with Crippen molar-refractivity contribution in [1.29, 1.82) is 0 Å². The molecule has 0 saturated carbocycles. The summed E-state index contributed by atoms with van der Waals surface area (Å²) < 4.78 is 17.3. The van der Waals surface area contributed by atoms with Crippen molar-refractivity contribution in [3.8, 4) is 5.75 Å². The number of rotatable bonds is 5. The van der Waals surface area contributed by atoms with Gasteiger partial charge in [0.1, 0.15) is 11.5 Å². The Morgan fingerprint density at radius 2 is 2.00 bits per heavy atom. The third-order valence-electron chi connectivity index (χ3n) is 2.76. The maximum absolute atomic E-state index is 12.1. The molecule has 5 nitrogen and oxygen atoms in total. The van der Waals surface area contributed by atoms with Gasteiger partial charge in [0.05, 0.1) is 23.6 Å². The highest BCUT2D eigenvalue weighted by atomic mass is 32.2. The summed E-state index contributed by atoms with van der Waals surface area (Å²) >= 11 is 0. The number of para-hydroxylation sites is 2. The van der Waals surface area contributed by atoms with Crippen LogP contribution in [0.4, 0.5) is 11.4 Å². The number of ether oxygens (including phenoxy) is 1. The van der Waals surface area contributed by atoms with E-state index in [2.05, 4.69) is 5.32 Å². The van der Waals surface area contributed by atoms with Crippen LogP contribution in [0.1, 0.15) is 0 Å². The predicted molar refractivity (Wildman–Crippen MR) is 83.8 cm³/mol. The molecular formula is C15H16N2O3S. The Morgan fingerprint density at radius 1 is 1.24 bits per heavy atom. The minimum Gasteiger partial charge on any atom is -0.495 e. The van der Waals surface area contributed by atoms with Gasteiger partial charge in [-0.2, -0.15) is 0 Å². The molecule has 0 aliphatic carbocycles. The first-order valence-electron chi connectivity index (χ1n) is 6.27. The maximum atomic E-state index is 12.1. The van der Waals surface area contributed by atoms with Crippen LogP contribution in [0.25, 0.3) is 0 Å². The van der Waals surface area contributed by atoms with Crippen LogP contribution in [0.2, 0.25) is 0 Å². The molecule has 2 aromatic carbocycles. The van der Waals surface area contributed by atoms with Gasteiger partial charge >= 0.3 is 0 Å². The molecule has 0 aliphatic heterocycles. The number of nitrogen functional groups attached to an aromatic ring is 1. The van der Waals surface area contributed by atoms with Crippen LogP contribution in [0, 0.1) is 0 Å². The van der Waals surface area contributed by atoms with Gasteiger partial charge in [-0.15, -0.1) is 0 Å². The Labute approximate surface area is 125 Å². The van der Waals surface area contributed by atoms with E-state index in [0.717, 1.165) is 0 Å². The van der Waals surface area contributed by atoms with Gasteiger partial charge in [-0.1, -0.05) is 18.2 Å². The Hall–Kier alpha value is -2.34. The molecule has 0 aromatic heterocycles. The second-order valence-corrected chi connectivity index (χ2v) is 5.76. The van der Waals surface area contributed by atoms with Crippen molar-refractivity contribution in [2.75, 3.05) is 23.9 Å². The van der Waals surface area contributed by atoms with Crippen LogP contribution < -0.4 is 15.8 Å². The van der Waals surface area contributed by atoms with Crippen LogP contribution in [-0.4, -0.2) is 23.0 Å². The molecule has 1 amide bonds. The monoisotopic (exact) mass is 304 g/mol. The van der Waals surface area contributed by atoms with E-state index in [-0.39, 0.29) is 11.7 Å². The lowest BCUT2D eigenvalue weighted by Gasteiger charge is -2.09. The summed E-state index contributed by atoms with van der Waals surface area (Å²) in [5, 5.41) is 2.69. The summed E-state index contributed by atoms with van der Waals surface area (Å²) in [6.07, 6.45) is 0. The van der Waals surface area contributed by atoms with Gasteiger partial charge in [-0.05, 0) is 30.3 Å². The van der Waals surface area contributed by atoms with Gasteiger partial charge in [-0.25, -0.2) is 0 Å². The number of nitrogens with two attached hydrogens (primary N) is 1. The van der Waals surface area contributed by atoms with Crippen molar-refractivity contribution in [3.63, 3.8) is 0 Å². The number of hydrogen-bond donors (Lipinski definition) is 2. The molecule has 0 fully saturated rings. The SMILES string of the molecule is COc1ccccc1NC(=O)CS(=O)c1cccc(N)c1. The average Bonchev–Trinajstić information content (AvgIpc) is 2.47. The fourth-order valence-electron chi connectivity index (χ4n) is 1.79. The quantitative estimate of drug-likeness (QED) is 0.828. The number of carbonyl (C=O) groups is 1. The number of hydrogen-bond acceptors (Lipinski definition) is 4. The Bertz CT molecular complexity index is 673. The zero-order valence-corrected chi connectivity index (χ0v) is 12.4. The lowest BCUT2D eigenvalue weighted by Crippen LogP contribution is -2.20. The largest absolute Gasteiger partial charge is 0.495 e. The molecule has 1 atom stereocenters. The zero-order valence-electron chi connectivity index (χ0n) is 11.5. The minimum atomic E-state index is -1.44. The fraction of sp³-hybridized carbons (Fsp3) is 0.133. The molecule has 0 saturated heterocycles. The number of anilines is 2. The van der Waals surface area contributed by atoms with E-state index in [1.165, 1.54) is 7.11 Å². The Balaban J connectivity index is 2.03. The van der Waals surface area contributed by atoms with E-state index in [4.69, 9.17) is 10.5 Å². The Kier molecular flexibility index (Phi) is 4.94. The summed E-state index contributed by atoms with van der Waals surface area (Å²) in [6.45, 7) is 0. The van der Waals surface area contributed by atoms with Gasteiger partial charge in [0.2, 0.25) is 5.91 Å². The van der Waals surface area contributed by atoms with Crippen LogP contribution >= 0.6 is 0 Å². The Morgan fingerprint density at radius 3 is 2.71 bits per heavy atom. The van der Waals surface area contributed by atoms with Crippen molar-refractivity contribution < 1.29 is 13.7 Å². The van der Waals surface area contributed by atoms with E-state index in [9.17, 15) is 9.00 Å². The molecule has 2 aromatic rings. The molecule has 0 bridgehead atoms. The second kappa shape index (κ2) is 6.90. The topological polar surface area (TPSA) is 81.4 Å². The highest BCUT2D eigenvalue weighted by Gasteiger charge is 2.12. The minimum absolute atomic E-state index is 0.137. The zero-order chi connectivity index (χ0) is 15.2. The van der Waals surface area contributed by atoms with Crippen molar-refractivity contribution in [3.05, 3.63) is 48.5 Å². The highest BCUT2D eigenvalue weighted by Crippen LogP contribution is 2.23. The lowest BCUT2D eigenvalue weighted by atomic mass is 10.3. The lowest BCUT2D eigenvalue weighted by molar-refractivity contribution is -0.113. The average molecular weight is 304 g/mol. The van der Waals surface area contributed by atoms with E-state index in [1.807, 2.05) is 0 Å². The van der Waals surface area contributed by atoms with E-state index in [0.29, 0.717) is 22.0 Å². The smallest absolute Gasteiger partial charge is 0.237 e. The van der Waals surface area contributed by atoms with Crippen molar-refractivity contribution in [2.45, 2.75) is 4.90 Å². The summed E-state index contributed by atoms with van der Waals surface area (Å²) in [7, 11) is 0.0848. The number of benzene rings is 2. The first kappa shape index (κ1) is 15.1. The molecule has 3 N–H and O–H groups in total. The standard InChI is InChI=1S/C15H16N2O3S/c1-20-14-8-3-2-7-13(14)17-15(18)10-21(19)12-6-4-5-11(16)9-12/h2-9H,10,16H2,1H3,(H,17,18).